The van der Waals surface area contributed by atoms with Crippen LogP contribution in [0.15, 0.2) is 23.0 Å². The Kier molecular flexibility index (Phi) is 5.96. The van der Waals surface area contributed by atoms with Crippen LogP contribution in [0.3, 0.4) is 0 Å². The van der Waals surface area contributed by atoms with Gasteiger partial charge in [0.25, 0.3) is 5.56 Å². The SMILES string of the molecule is COc1ccc2nc(NC(=O)CCc3c(C)nc(N4CCOCC4)[nH]c3=O)sc2c1. The number of carbonyl (C=O) groups is 1. The lowest BCUT2D eigenvalue weighted by atomic mass is 10.1. The molecule has 1 aromatic carbocycles. The number of H-pyrrole nitrogens is 1. The molecule has 1 saturated heterocycles. The predicted molar refractivity (Wildman–Crippen MR) is 116 cm³/mol. The fraction of sp³-hybridized carbons (Fsp3) is 0.400. The highest BCUT2D eigenvalue weighted by Crippen LogP contribution is 2.29. The number of hydrogen-bond donors (Lipinski definition) is 2. The second-order valence-electron chi connectivity index (χ2n) is 6.95. The van der Waals surface area contributed by atoms with Crippen LogP contribution in [-0.2, 0) is 16.0 Å². The van der Waals surface area contributed by atoms with Gasteiger partial charge in [0.2, 0.25) is 11.9 Å². The molecule has 0 aliphatic carbocycles. The van der Waals surface area contributed by atoms with E-state index in [0.29, 0.717) is 55.1 Å². The third-order valence-corrected chi connectivity index (χ3v) is 5.90. The van der Waals surface area contributed by atoms with Crippen molar-refractivity contribution in [2.45, 2.75) is 19.8 Å². The summed E-state index contributed by atoms with van der Waals surface area (Å²) in [6, 6.07) is 5.56. The van der Waals surface area contributed by atoms with E-state index in [0.717, 1.165) is 16.0 Å². The number of aryl methyl sites for hydroxylation is 1. The molecule has 30 heavy (non-hydrogen) atoms. The van der Waals surface area contributed by atoms with Crippen molar-refractivity contribution in [1.82, 2.24) is 15.0 Å². The van der Waals surface area contributed by atoms with Crippen molar-refractivity contribution in [3.8, 4) is 5.75 Å². The van der Waals surface area contributed by atoms with Crippen LogP contribution < -0.4 is 20.5 Å². The molecule has 0 radical (unpaired) electrons. The highest BCUT2D eigenvalue weighted by Gasteiger charge is 2.17. The Labute approximate surface area is 177 Å². The second kappa shape index (κ2) is 8.80. The Hall–Kier alpha value is -2.98. The third kappa shape index (κ3) is 4.44. The fourth-order valence-corrected chi connectivity index (χ4v) is 4.23. The molecule has 4 rings (SSSR count). The van der Waals surface area contributed by atoms with Gasteiger partial charge in [-0.25, -0.2) is 9.97 Å². The van der Waals surface area contributed by atoms with E-state index in [1.54, 1.807) is 14.0 Å². The van der Waals surface area contributed by atoms with E-state index >= 15 is 0 Å². The van der Waals surface area contributed by atoms with Crippen molar-refractivity contribution in [3.63, 3.8) is 0 Å². The number of nitrogens with one attached hydrogen (secondary N) is 2. The molecule has 3 heterocycles. The van der Waals surface area contributed by atoms with E-state index in [9.17, 15) is 9.59 Å². The number of morpholine rings is 1. The van der Waals surface area contributed by atoms with E-state index in [2.05, 4.69) is 20.3 Å². The van der Waals surface area contributed by atoms with Crippen LogP contribution in [0, 0.1) is 6.92 Å². The summed E-state index contributed by atoms with van der Waals surface area (Å²) < 4.78 is 11.5. The summed E-state index contributed by atoms with van der Waals surface area (Å²) >= 11 is 1.38. The molecule has 0 atom stereocenters. The van der Waals surface area contributed by atoms with Gasteiger partial charge in [-0.05, 0) is 31.5 Å². The molecule has 1 fully saturated rings. The average molecular weight is 430 g/mol. The normalized spacial score (nSPS) is 14.1. The lowest BCUT2D eigenvalue weighted by Gasteiger charge is -2.27. The molecule has 1 amide bonds. The first kappa shape index (κ1) is 20.3. The maximum Gasteiger partial charge on any atom is 0.255 e. The molecule has 2 N–H and O–H groups in total. The van der Waals surface area contributed by atoms with E-state index in [-0.39, 0.29) is 17.9 Å². The highest BCUT2D eigenvalue weighted by molar-refractivity contribution is 7.22. The molecular formula is C20H23N5O4S. The first-order chi connectivity index (χ1) is 14.5. The quantitative estimate of drug-likeness (QED) is 0.618. The number of benzene rings is 1. The maximum atomic E-state index is 12.5. The molecule has 9 nitrogen and oxygen atoms in total. The largest absolute Gasteiger partial charge is 0.497 e. The maximum absolute atomic E-state index is 12.5. The number of aromatic nitrogens is 3. The lowest BCUT2D eigenvalue weighted by molar-refractivity contribution is -0.116. The van der Waals surface area contributed by atoms with Gasteiger partial charge in [-0.2, -0.15) is 0 Å². The first-order valence-electron chi connectivity index (χ1n) is 9.70. The zero-order valence-electron chi connectivity index (χ0n) is 16.9. The summed E-state index contributed by atoms with van der Waals surface area (Å²) in [4.78, 5) is 38.7. The Bertz CT molecular complexity index is 1120. The molecular weight excluding hydrogens is 406 g/mol. The number of thiazole rings is 1. The topological polar surface area (TPSA) is 109 Å². The lowest BCUT2D eigenvalue weighted by Crippen LogP contribution is -2.38. The van der Waals surface area contributed by atoms with Crippen molar-refractivity contribution in [3.05, 3.63) is 39.8 Å². The zero-order chi connectivity index (χ0) is 21.1. The minimum absolute atomic E-state index is 0.168. The number of ether oxygens (including phenoxy) is 2. The molecule has 3 aromatic rings. The van der Waals surface area contributed by atoms with Gasteiger partial charge in [0.05, 0.1) is 30.5 Å². The molecule has 1 aliphatic heterocycles. The minimum atomic E-state index is -0.205. The van der Waals surface area contributed by atoms with Crippen LogP contribution in [0.2, 0.25) is 0 Å². The number of amides is 1. The van der Waals surface area contributed by atoms with Crippen molar-refractivity contribution in [2.24, 2.45) is 0 Å². The van der Waals surface area contributed by atoms with Gasteiger partial charge < -0.3 is 19.7 Å². The van der Waals surface area contributed by atoms with Gasteiger partial charge in [-0.15, -0.1) is 0 Å². The third-order valence-electron chi connectivity index (χ3n) is 4.96. The summed E-state index contributed by atoms with van der Waals surface area (Å²) in [7, 11) is 1.61. The smallest absolute Gasteiger partial charge is 0.255 e. The molecule has 2 aromatic heterocycles. The first-order valence-corrected chi connectivity index (χ1v) is 10.5. The second-order valence-corrected chi connectivity index (χ2v) is 7.98. The molecule has 0 bridgehead atoms. The van der Waals surface area contributed by atoms with Crippen LogP contribution in [0.1, 0.15) is 17.7 Å². The molecule has 158 valence electrons. The van der Waals surface area contributed by atoms with Gasteiger partial charge in [0, 0.05) is 30.8 Å². The van der Waals surface area contributed by atoms with Crippen LogP contribution in [0.4, 0.5) is 11.1 Å². The Morgan fingerprint density at radius 1 is 1.33 bits per heavy atom. The van der Waals surface area contributed by atoms with Gasteiger partial charge in [-0.3, -0.25) is 14.6 Å². The number of carbonyl (C=O) groups excluding carboxylic acids is 1. The van der Waals surface area contributed by atoms with Gasteiger partial charge in [0.15, 0.2) is 5.13 Å². The van der Waals surface area contributed by atoms with Crippen molar-refractivity contribution < 1.29 is 14.3 Å². The Balaban J connectivity index is 1.40. The average Bonchev–Trinajstić information content (AvgIpc) is 3.14. The number of anilines is 2. The van der Waals surface area contributed by atoms with E-state index in [1.165, 1.54) is 11.3 Å². The Morgan fingerprint density at radius 2 is 2.13 bits per heavy atom. The number of nitrogens with zero attached hydrogens (tertiary/aromatic N) is 3. The number of methoxy groups -OCH3 is 1. The number of hydrogen-bond acceptors (Lipinski definition) is 8. The van der Waals surface area contributed by atoms with Crippen molar-refractivity contribution in [1.29, 1.82) is 0 Å². The summed E-state index contributed by atoms with van der Waals surface area (Å²) in [5, 5.41) is 3.34. The Morgan fingerprint density at radius 3 is 2.87 bits per heavy atom. The van der Waals surface area contributed by atoms with Crippen molar-refractivity contribution in [2.75, 3.05) is 43.6 Å². The number of aromatic amines is 1. The predicted octanol–water partition coefficient (Wildman–Crippen LogP) is 2.10. The van der Waals surface area contributed by atoms with Crippen LogP contribution in [-0.4, -0.2) is 54.3 Å². The monoisotopic (exact) mass is 429 g/mol. The summed E-state index contributed by atoms with van der Waals surface area (Å²) in [5.74, 6) is 1.10. The van der Waals surface area contributed by atoms with Gasteiger partial charge in [-0.1, -0.05) is 11.3 Å². The van der Waals surface area contributed by atoms with Gasteiger partial charge >= 0.3 is 0 Å². The van der Waals surface area contributed by atoms with Gasteiger partial charge in [0.1, 0.15) is 5.75 Å². The summed E-state index contributed by atoms with van der Waals surface area (Å²) in [5.41, 5.74) is 1.76. The standard InChI is InChI=1S/C20H23N5O4S/c1-12-14(18(27)24-19(21-12)25-7-9-29-10-8-25)4-6-17(26)23-20-22-15-5-3-13(28-2)11-16(15)30-20/h3,5,11H,4,6-10H2,1-2H3,(H,21,24,27)(H,22,23,26). The highest BCUT2D eigenvalue weighted by atomic mass is 32.1. The number of rotatable bonds is 6. The molecule has 10 heteroatoms. The van der Waals surface area contributed by atoms with Crippen LogP contribution in [0.5, 0.6) is 5.75 Å². The minimum Gasteiger partial charge on any atom is -0.497 e. The molecule has 0 saturated carbocycles. The molecule has 0 unspecified atom stereocenters. The molecule has 1 aliphatic rings. The van der Waals surface area contributed by atoms with E-state index in [1.807, 2.05) is 23.1 Å². The number of fused-ring (bicyclic) bond motifs is 1. The van der Waals surface area contributed by atoms with E-state index in [4.69, 9.17) is 9.47 Å². The summed E-state index contributed by atoms with van der Waals surface area (Å²) in [6.07, 6.45) is 0.476. The fourth-order valence-electron chi connectivity index (χ4n) is 3.32. The van der Waals surface area contributed by atoms with E-state index < -0.39 is 0 Å². The molecule has 0 spiro atoms. The zero-order valence-corrected chi connectivity index (χ0v) is 17.7. The van der Waals surface area contributed by atoms with Crippen LogP contribution >= 0.6 is 11.3 Å². The van der Waals surface area contributed by atoms with Crippen LogP contribution in [0.25, 0.3) is 10.2 Å². The summed E-state index contributed by atoms with van der Waals surface area (Å²) in [6.45, 7) is 4.41. The van der Waals surface area contributed by atoms with Crippen molar-refractivity contribution >= 4 is 38.5 Å².